The second-order valence-electron chi connectivity index (χ2n) is 6.91. The van der Waals surface area contributed by atoms with Crippen LogP contribution in [-0.4, -0.2) is 35.2 Å². The summed E-state index contributed by atoms with van der Waals surface area (Å²) in [6.45, 7) is 0. The zero-order valence-electron chi connectivity index (χ0n) is 12.3. The van der Waals surface area contributed by atoms with Gasteiger partial charge in [-0.15, -0.1) is 0 Å². The lowest BCUT2D eigenvalue weighted by Gasteiger charge is -2.40. The van der Waals surface area contributed by atoms with Crippen LogP contribution >= 0.6 is 0 Å². The number of hydrogen-bond donors (Lipinski definition) is 3. The molecular weight excluding hydrogens is 252 g/mol. The summed E-state index contributed by atoms with van der Waals surface area (Å²) < 4.78 is 0. The molecule has 5 atom stereocenters. The Morgan fingerprint density at radius 1 is 0.950 bits per heavy atom. The second kappa shape index (κ2) is 6.44. The molecule has 2 aliphatic carbocycles. The lowest BCUT2D eigenvalue weighted by Crippen LogP contribution is -2.57. The van der Waals surface area contributed by atoms with E-state index in [2.05, 4.69) is 10.6 Å². The van der Waals surface area contributed by atoms with Gasteiger partial charge in [0.1, 0.15) is 0 Å². The molecule has 4 heteroatoms. The van der Waals surface area contributed by atoms with E-state index >= 15 is 0 Å². The smallest absolute Gasteiger partial charge is 0.237 e. The Hall–Kier alpha value is -0.610. The van der Waals surface area contributed by atoms with Gasteiger partial charge in [0.2, 0.25) is 5.91 Å². The molecule has 0 bridgehead atoms. The van der Waals surface area contributed by atoms with Gasteiger partial charge in [0, 0.05) is 6.04 Å². The fourth-order valence-electron chi connectivity index (χ4n) is 4.26. The van der Waals surface area contributed by atoms with Crippen molar-refractivity contribution < 1.29 is 9.90 Å². The molecule has 1 amide bonds. The minimum absolute atomic E-state index is 0.0258. The zero-order valence-corrected chi connectivity index (χ0v) is 12.3. The van der Waals surface area contributed by atoms with E-state index in [-0.39, 0.29) is 24.1 Å². The first-order chi connectivity index (χ1) is 9.74. The van der Waals surface area contributed by atoms with Crippen molar-refractivity contribution in [2.45, 2.75) is 88.4 Å². The van der Waals surface area contributed by atoms with Gasteiger partial charge in [-0.2, -0.15) is 0 Å². The highest BCUT2D eigenvalue weighted by Gasteiger charge is 2.35. The largest absolute Gasteiger partial charge is 0.391 e. The Balaban J connectivity index is 1.52. The zero-order chi connectivity index (χ0) is 13.9. The average Bonchev–Trinajstić information content (AvgIpc) is 2.49. The molecule has 1 aliphatic heterocycles. The minimum atomic E-state index is -0.348. The molecule has 3 aliphatic rings. The molecule has 0 spiro atoms. The van der Waals surface area contributed by atoms with E-state index in [9.17, 15) is 9.90 Å². The number of carbonyl (C=O) groups excluding carboxylic acids is 1. The lowest BCUT2D eigenvalue weighted by molar-refractivity contribution is -0.126. The maximum absolute atomic E-state index is 12.4. The summed E-state index contributed by atoms with van der Waals surface area (Å²) in [6, 6.07) is 0.482. The minimum Gasteiger partial charge on any atom is -0.391 e. The molecule has 0 aromatic heterocycles. The quantitative estimate of drug-likeness (QED) is 0.722. The maximum Gasteiger partial charge on any atom is 0.237 e. The van der Waals surface area contributed by atoms with Crippen LogP contribution in [0.2, 0.25) is 0 Å². The highest BCUT2D eigenvalue weighted by atomic mass is 16.3. The Labute approximate surface area is 121 Å². The Kier molecular flexibility index (Phi) is 4.61. The molecule has 1 heterocycles. The first kappa shape index (κ1) is 14.3. The van der Waals surface area contributed by atoms with E-state index in [1.54, 1.807) is 0 Å². The van der Waals surface area contributed by atoms with Gasteiger partial charge in [-0.05, 0) is 44.4 Å². The molecule has 0 radical (unpaired) electrons. The third kappa shape index (κ3) is 3.17. The van der Waals surface area contributed by atoms with Gasteiger partial charge < -0.3 is 15.7 Å². The fraction of sp³-hybridized carbons (Fsp3) is 0.938. The van der Waals surface area contributed by atoms with Gasteiger partial charge in [-0.3, -0.25) is 4.79 Å². The Morgan fingerprint density at radius 2 is 1.70 bits per heavy atom. The van der Waals surface area contributed by atoms with Crippen LogP contribution in [-0.2, 0) is 4.79 Å². The molecule has 0 aromatic rings. The van der Waals surface area contributed by atoms with Crippen molar-refractivity contribution in [3.8, 4) is 0 Å². The van der Waals surface area contributed by atoms with Crippen LogP contribution in [0.3, 0.4) is 0 Å². The summed E-state index contributed by atoms with van der Waals surface area (Å²) in [5.41, 5.74) is 0. The molecule has 3 fully saturated rings. The van der Waals surface area contributed by atoms with Crippen molar-refractivity contribution in [2.24, 2.45) is 5.92 Å². The van der Waals surface area contributed by atoms with Crippen LogP contribution in [0.25, 0.3) is 0 Å². The predicted octanol–water partition coefficient (Wildman–Crippen LogP) is 1.72. The number of nitrogens with one attached hydrogen (secondary N) is 2. The van der Waals surface area contributed by atoms with Crippen molar-refractivity contribution in [3.63, 3.8) is 0 Å². The lowest BCUT2D eigenvalue weighted by atomic mass is 9.77. The monoisotopic (exact) mass is 280 g/mol. The van der Waals surface area contributed by atoms with Crippen molar-refractivity contribution in [3.05, 3.63) is 0 Å². The van der Waals surface area contributed by atoms with Gasteiger partial charge in [0.05, 0.1) is 18.2 Å². The summed E-state index contributed by atoms with van der Waals surface area (Å²) in [7, 11) is 0. The number of rotatable bonds is 2. The Morgan fingerprint density at radius 3 is 2.55 bits per heavy atom. The Bertz CT molecular complexity index is 347. The van der Waals surface area contributed by atoms with Crippen LogP contribution in [0.4, 0.5) is 0 Å². The molecule has 3 N–H and O–H groups in total. The number of amides is 1. The summed E-state index contributed by atoms with van der Waals surface area (Å²) in [4.78, 5) is 12.4. The van der Waals surface area contributed by atoms with Crippen LogP contribution in [0.15, 0.2) is 0 Å². The van der Waals surface area contributed by atoms with Crippen molar-refractivity contribution in [2.75, 3.05) is 0 Å². The van der Waals surface area contributed by atoms with Crippen molar-refractivity contribution in [1.82, 2.24) is 10.6 Å². The summed E-state index contributed by atoms with van der Waals surface area (Å²) in [6.07, 6.45) is 10.9. The predicted molar refractivity (Wildman–Crippen MR) is 78.3 cm³/mol. The molecule has 20 heavy (non-hydrogen) atoms. The number of piperidine rings is 1. The number of carbonyl (C=O) groups is 1. The standard InChI is InChI=1S/C16H28N2O2/c19-15-8-4-3-7-13(15)18-16(20)14-10-9-11-5-1-2-6-12(11)17-14/h11-15,17,19H,1-10H2,(H,18,20). The molecule has 4 nitrogen and oxygen atoms in total. The van der Waals surface area contributed by atoms with Crippen molar-refractivity contribution in [1.29, 1.82) is 0 Å². The average molecular weight is 280 g/mol. The van der Waals surface area contributed by atoms with E-state index in [0.29, 0.717) is 6.04 Å². The van der Waals surface area contributed by atoms with E-state index in [4.69, 9.17) is 0 Å². The fourth-order valence-corrected chi connectivity index (χ4v) is 4.26. The molecule has 114 valence electrons. The van der Waals surface area contributed by atoms with E-state index < -0.39 is 0 Å². The van der Waals surface area contributed by atoms with Crippen LogP contribution in [0.5, 0.6) is 0 Å². The highest BCUT2D eigenvalue weighted by molar-refractivity contribution is 5.82. The number of aliphatic hydroxyl groups is 1. The van der Waals surface area contributed by atoms with Crippen LogP contribution < -0.4 is 10.6 Å². The van der Waals surface area contributed by atoms with E-state index in [1.165, 1.54) is 32.1 Å². The topological polar surface area (TPSA) is 61.4 Å². The van der Waals surface area contributed by atoms with Crippen LogP contribution in [0.1, 0.15) is 64.2 Å². The molecule has 2 saturated carbocycles. The first-order valence-electron chi connectivity index (χ1n) is 8.48. The number of hydrogen-bond acceptors (Lipinski definition) is 3. The third-order valence-electron chi connectivity index (χ3n) is 5.52. The molecule has 0 aromatic carbocycles. The normalized spacial score (nSPS) is 41.8. The number of aliphatic hydroxyl groups excluding tert-OH is 1. The SMILES string of the molecule is O=C(NC1CCCCC1O)C1CCC2CCCCC2N1. The maximum atomic E-state index is 12.4. The third-order valence-corrected chi connectivity index (χ3v) is 5.52. The van der Waals surface area contributed by atoms with Crippen molar-refractivity contribution >= 4 is 5.91 Å². The van der Waals surface area contributed by atoms with Gasteiger partial charge in [-0.1, -0.05) is 25.7 Å². The van der Waals surface area contributed by atoms with Gasteiger partial charge >= 0.3 is 0 Å². The van der Waals surface area contributed by atoms with Gasteiger partial charge in [-0.25, -0.2) is 0 Å². The summed E-state index contributed by atoms with van der Waals surface area (Å²) in [5, 5.41) is 16.6. The van der Waals surface area contributed by atoms with Crippen LogP contribution in [0, 0.1) is 5.92 Å². The van der Waals surface area contributed by atoms with E-state index in [0.717, 1.165) is 38.0 Å². The number of fused-ring (bicyclic) bond motifs is 1. The molecule has 3 rings (SSSR count). The van der Waals surface area contributed by atoms with Gasteiger partial charge in [0.25, 0.3) is 0 Å². The summed E-state index contributed by atoms with van der Waals surface area (Å²) >= 11 is 0. The van der Waals surface area contributed by atoms with Gasteiger partial charge in [0.15, 0.2) is 0 Å². The van der Waals surface area contributed by atoms with E-state index in [1.807, 2.05) is 0 Å². The summed E-state index contributed by atoms with van der Waals surface area (Å²) in [5.74, 6) is 0.896. The molecule has 5 unspecified atom stereocenters. The second-order valence-corrected chi connectivity index (χ2v) is 6.91. The molecular formula is C16H28N2O2. The molecule has 1 saturated heterocycles. The first-order valence-corrected chi connectivity index (χ1v) is 8.48. The highest BCUT2D eigenvalue weighted by Crippen LogP contribution is 2.32.